The van der Waals surface area contributed by atoms with E-state index in [9.17, 15) is 4.79 Å². The number of hydrogen-bond donors (Lipinski definition) is 0. The molecule has 1 aromatic heterocycles. The number of fused-ring (bicyclic) bond motifs is 1. The van der Waals surface area contributed by atoms with Crippen LogP contribution in [0.2, 0.25) is 0 Å². The van der Waals surface area contributed by atoms with Gasteiger partial charge in [0.25, 0.3) is 0 Å². The van der Waals surface area contributed by atoms with Gasteiger partial charge in [0.15, 0.2) is 5.78 Å². The fourth-order valence-electron chi connectivity index (χ4n) is 1.79. The minimum Gasteiger partial charge on any atom is -0.293 e. The monoisotopic (exact) mass is 227 g/mol. The molecule has 0 saturated carbocycles. The molecule has 0 radical (unpaired) electrons. The van der Waals surface area contributed by atoms with Crippen LogP contribution >= 0.6 is 0 Å². The minimum atomic E-state index is 0.00629. The third-order valence-corrected chi connectivity index (χ3v) is 2.92. The van der Waals surface area contributed by atoms with Crippen molar-refractivity contribution in [1.29, 1.82) is 0 Å². The van der Waals surface area contributed by atoms with E-state index in [1.807, 2.05) is 12.1 Å². The number of pyridine rings is 1. The number of benzene rings is 1. The van der Waals surface area contributed by atoms with Crippen molar-refractivity contribution in [2.45, 2.75) is 33.1 Å². The number of nitrogens with zero attached hydrogens (tertiary/aromatic N) is 1. The third kappa shape index (κ3) is 2.36. The lowest BCUT2D eigenvalue weighted by Crippen LogP contribution is -2.10. The number of hydrogen-bond acceptors (Lipinski definition) is 2. The second kappa shape index (κ2) is 3.95. The molecule has 0 saturated heterocycles. The van der Waals surface area contributed by atoms with Crippen LogP contribution in [0.25, 0.3) is 10.9 Å². The fourth-order valence-corrected chi connectivity index (χ4v) is 1.79. The first-order valence-corrected chi connectivity index (χ1v) is 5.80. The molecule has 2 aromatic rings. The van der Waals surface area contributed by atoms with E-state index in [2.05, 4.69) is 37.9 Å². The molecular formula is C15H17NO. The predicted molar refractivity (Wildman–Crippen MR) is 70.4 cm³/mol. The lowest BCUT2D eigenvalue weighted by molar-refractivity contribution is 0.101. The lowest BCUT2D eigenvalue weighted by Gasteiger charge is -2.19. The lowest BCUT2D eigenvalue weighted by atomic mass is 9.86. The minimum absolute atomic E-state index is 0.00629. The van der Waals surface area contributed by atoms with Gasteiger partial charge in [-0.2, -0.15) is 0 Å². The molecular weight excluding hydrogens is 210 g/mol. The van der Waals surface area contributed by atoms with Crippen LogP contribution in [-0.4, -0.2) is 10.8 Å². The van der Waals surface area contributed by atoms with Gasteiger partial charge in [-0.15, -0.1) is 0 Å². The Morgan fingerprint density at radius 1 is 1.12 bits per heavy atom. The SMILES string of the molecule is CC(=O)c1ccc2cc(C(C)(C)C)ccc2n1. The second-order valence-electron chi connectivity index (χ2n) is 5.41. The van der Waals surface area contributed by atoms with Crippen LogP contribution in [-0.2, 0) is 5.41 Å². The van der Waals surface area contributed by atoms with Gasteiger partial charge in [-0.3, -0.25) is 4.79 Å². The quantitative estimate of drug-likeness (QED) is 0.695. The van der Waals surface area contributed by atoms with Crippen molar-refractivity contribution < 1.29 is 4.79 Å². The van der Waals surface area contributed by atoms with E-state index in [0.29, 0.717) is 5.69 Å². The molecule has 2 heteroatoms. The Balaban J connectivity index is 2.58. The van der Waals surface area contributed by atoms with E-state index < -0.39 is 0 Å². The van der Waals surface area contributed by atoms with Gasteiger partial charge < -0.3 is 0 Å². The number of carbonyl (C=O) groups excluding carboxylic acids is 1. The molecule has 17 heavy (non-hydrogen) atoms. The Bertz CT molecular complexity index is 579. The zero-order valence-corrected chi connectivity index (χ0v) is 10.7. The van der Waals surface area contributed by atoms with E-state index >= 15 is 0 Å². The van der Waals surface area contributed by atoms with Crippen LogP contribution in [0.1, 0.15) is 43.7 Å². The van der Waals surface area contributed by atoms with Gasteiger partial charge in [0.05, 0.1) is 5.52 Å². The molecule has 2 nitrogen and oxygen atoms in total. The summed E-state index contributed by atoms with van der Waals surface area (Å²) in [5.41, 5.74) is 2.82. The first-order chi connectivity index (χ1) is 7.88. The Hall–Kier alpha value is -1.70. The Morgan fingerprint density at radius 3 is 2.41 bits per heavy atom. The van der Waals surface area contributed by atoms with Crippen LogP contribution in [0.5, 0.6) is 0 Å². The molecule has 1 aromatic carbocycles. The van der Waals surface area contributed by atoms with E-state index in [4.69, 9.17) is 0 Å². The van der Waals surface area contributed by atoms with Crippen molar-refractivity contribution in [3.8, 4) is 0 Å². The van der Waals surface area contributed by atoms with E-state index in [0.717, 1.165) is 10.9 Å². The Kier molecular flexibility index (Phi) is 2.74. The van der Waals surface area contributed by atoms with Crippen LogP contribution in [0.4, 0.5) is 0 Å². The van der Waals surface area contributed by atoms with Gasteiger partial charge in [-0.1, -0.05) is 32.9 Å². The molecule has 0 spiro atoms. The van der Waals surface area contributed by atoms with Gasteiger partial charge in [-0.25, -0.2) is 4.98 Å². The summed E-state index contributed by atoms with van der Waals surface area (Å²) in [6.45, 7) is 8.10. The number of Topliss-reactive ketones (excluding diaryl/α,β-unsaturated/α-hetero) is 1. The van der Waals surface area contributed by atoms with Crippen LogP contribution in [0.3, 0.4) is 0 Å². The summed E-state index contributed by atoms with van der Waals surface area (Å²) in [4.78, 5) is 15.6. The maximum Gasteiger partial charge on any atom is 0.178 e. The van der Waals surface area contributed by atoms with Crippen molar-refractivity contribution in [3.05, 3.63) is 41.6 Å². The number of ketones is 1. The van der Waals surface area contributed by atoms with Gasteiger partial charge in [0.1, 0.15) is 5.69 Å². The highest BCUT2D eigenvalue weighted by molar-refractivity contribution is 5.94. The zero-order valence-electron chi connectivity index (χ0n) is 10.7. The molecule has 0 aliphatic carbocycles. The van der Waals surface area contributed by atoms with E-state index in [-0.39, 0.29) is 11.2 Å². The van der Waals surface area contributed by atoms with Crippen molar-refractivity contribution in [2.75, 3.05) is 0 Å². The molecule has 0 atom stereocenters. The maximum absolute atomic E-state index is 11.3. The van der Waals surface area contributed by atoms with E-state index in [1.165, 1.54) is 12.5 Å². The van der Waals surface area contributed by atoms with Crippen molar-refractivity contribution >= 4 is 16.7 Å². The highest BCUT2D eigenvalue weighted by Gasteiger charge is 2.14. The van der Waals surface area contributed by atoms with Crippen LogP contribution in [0.15, 0.2) is 30.3 Å². The topological polar surface area (TPSA) is 30.0 Å². The molecule has 0 aliphatic heterocycles. The molecule has 0 unspecified atom stereocenters. The molecule has 0 N–H and O–H groups in total. The predicted octanol–water partition coefficient (Wildman–Crippen LogP) is 3.73. The summed E-state index contributed by atoms with van der Waals surface area (Å²) < 4.78 is 0. The number of aromatic nitrogens is 1. The zero-order chi connectivity index (χ0) is 12.6. The smallest absolute Gasteiger partial charge is 0.178 e. The van der Waals surface area contributed by atoms with Crippen molar-refractivity contribution in [2.24, 2.45) is 0 Å². The van der Waals surface area contributed by atoms with Gasteiger partial charge in [0.2, 0.25) is 0 Å². The van der Waals surface area contributed by atoms with Crippen LogP contribution < -0.4 is 0 Å². The Labute approximate surface area is 102 Å². The van der Waals surface area contributed by atoms with Crippen molar-refractivity contribution in [1.82, 2.24) is 4.98 Å². The van der Waals surface area contributed by atoms with Gasteiger partial charge >= 0.3 is 0 Å². The molecule has 0 fully saturated rings. The van der Waals surface area contributed by atoms with Gasteiger partial charge in [0, 0.05) is 12.3 Å². The average molecular weight is 227 g/mol. The summed E-state index contributed by atoms with van der Waals surface area (Å²) in [5, 5.41) is 1.09. The average Bonchev–Trinajstić information content (AvgIpc) is 2.26. The molecule has 88 valence electrons. The number of carbonyl (C=O) groups is 1. The number of rotatable bonds is 1. The summed E-state index contributed by atoms with van der Waals surface area (Å²) in [6, 6.07) is 9.97. The highest BCUT2D eigenvalue weighted by Crippen LogP contribution is 2.25. The summed E-state index contributed by atoms with van der Waals surface area (Å²) in [5.74, 6) is 0.00629. The normalized spacial score (nSPS) is 11.8. The summed E-state index contributed by atoms with van der Waals surface area (Å²) in [7, 11) is 0. The summed E-state index contributed by atoms with van der Waals surface area (Å²) in [6.07, 6.45) is 0. The summed E-state index contributed by atoms with van der Waals surface area (Å²) >= 11 is 0. The van der Waals surface area contributed by atoms with Crippen molar-refractivity contribution in [3.63, 3.8) is 0 Å². The largest absolute Gasteiger partial charge is 0.293 e. The third-order valence-electron chi connectivity index (χ3n) is 2.92. The molecule has 2 rings (SSSR count). The molecule has 0 amide bonds. The van der Waals surface area contributed by atoms with Gasteiger partial charge in [-0.05, 0) is 29.2 Å². The Morgan fingerprint density at radius 2 is 1.82 bits per heavy atom. The molecule has 1 heterocycles. The second-order valence-corrected chi connectivity index (χ2v) is 5.41. The first kappa shape index (κ1) is 11.8. The fraction of sp³-hybridized carbons (Fsp3) is 0.333. The standard InChI is InChI=1S/C15H17NO/c1-10(17)13-7-5-11-9-12(15(2,3)4)6-8-14(11)16-13/h5-9H,1-4H3. The molecule has 0 bridgehead atoms. The first-order valence-electron chi connectivity index (χ1n) is 5.80. The maximum atomic E-state index is 11.3. The van der Waals surface area contributed by atoms with Crippen LogP contribution in [0, 0.1) is 0 Å². The highest BCUT2D eigenvalue weighted by atomic mass is 16.1. The molecule has 0 aliphatic rings. The van der Waals surface area contributed by atoms with E-state index in [1.54, 1.807) is 6.07 Å².